The normalized spacial score (nSPS) is 21.6. The van der Waals surface area contributed by atoms with Crippen LogP contribution < -0.4 is 10.2 Å². The van der Waals surface area contributed by atoms with Crippen LogP contribution in [-0.4, -0.2) is 58.8 Å². The zero-order valence-corrected chi connectivity index (χ0v) is 13.7. The standard InChI is InChI=1S/C16H28N6/c1-2-21-9-11-22(12-10-21)15-13-17-20-16(19-15)18-14-7-5-3-4-6-8-14/h13-14H,2-12H2,1H3,(H,18,19,20). The van der Waals surface area contributed by atoms with E-state index in [1.807, 2.05) is 0 Å². The van der Waals surface area contributed by atoms with E-state index in [0.29, 0.717) is 12.0 Å². The third-order valence-electron chi connectivity index (χ3n) is 4.88. The van der Waals surface area contributed by atoms with Gasteiger partial charge in [0.25, 0.3) is 0 Å². The summed E-state index contributed by atoms with van der Waals surface area (Å²) in [6.45, 7) is 7.60. The average molecular weight is 304 g/mol. The Morgan fingerprint density at radius 1 is 1.09 bits per heavy atom. The number of hydrogen-bond donors (Lipinski definition) is 1. The van der Waals surface area contributed by atoms with Crippen LogP contribution in [0.3, 0.4) is 0 Å². The minimum absolute atomic E-state index is 0.511. The van der Waals surface area contributed by atoms with Crippen molar-refractivity contribution >= 4 is 11.8 Å². The van der Waals surface area contributed by atoms with E-state index in [1.165, 1.54) is 38.5 Å². The first-order chi connectivity index (χ1) is 10.8. The van der Waals surface area contributed by atoms with E-state index in [4.69, 9.17) is 4.98 Å². The van der Waals surface area contributed by atoms with Crippen molar-refractivity contribution in [2.24, 2.45) is 0 Å². The number of nitrogens with zero attached hydrogens (tertiary/aromatic N) is 5. The Labute approximate surface area is 133 Å². The predicted octanol–water partition coefficient (Wildman–Crippen LogP) is 2.15. The van der Waals surface area contributed by atoms with Crippen molar-refractivity contribution in [2.45, 2.75) is 51.5 Å². The molecule has 0 unspecified atom stereocenters. The van der Waals surface area contributed by atoms with Crippen LogP contribution in [0.5, 0.6) is 0 Å². The lowest BCUT2D eigenvalue weighted by Crippen LogP contribution is -2.46. The molecule has 6 nitrogen and oxygen atoms in total. The van der Waals surface area contributed by atoms with Gasteiger partial charge in [-0.25, -0.2) is 0 Å². The molecule has 2 aliphatic rings. The summed E-state index contributed by atoms with van der Waals surface area (Å²) >= 11 is 0. The molecule has 1 aromatic rings. The largest absolute Gasteiger partial charge is 0.353 e. The highest BCUT2D eigenvalue weighted by atomic mass is 15.3. The fourth-order valence-electron chi connectivity index (χ4n) is 3.41. The van der Waals surface area contributed by atoms with Crippen molar-refractivity contribution in [3.05, 3.63) is 6.20 Å². The van der Waals surface area contributed by atoms with Crippen LogP contribution in [0, 0.1) is 0 Å². The van der Waals surface area contributed by atoms with Crippen LogP contribution >= 0.6 is 0 Å². The van der Waals surface area contributed by atoms with Gasteiger partial charge in [-0.05, 0) is 19.4 Å². The summed E-state index contributed by atoms with van der Waals surface area (Å²) in [5.41, 5.74) is 0. The number of hydrogen-bond acceptors (Lipinski definition) is 6. The van der Waals surface area contributed by atoms with Gasteiger partial charge in [-0.15, -0.1) is 5.10 Å². The Hall–Kier alpha value is -1.43. The van der Waals surface area contributed by atoms with E-state index < -0.39 is 0 Å². The quantitative estimate of drug-likeness (QED) is 0.860. The van der Waals surface area contributed by atoms with Gasteiger partial charge in [-0.2, -0.15) is 10.1 Å². The minimum atomic E-state index is 0.511. The molecule has 1 aliphatic heterocycles. The van der Waals surface area contributed by atoms with E-state index in [1.54, 1.807) is 6.20 Å². The maximum absolute atomic E-state index is 4.69. The van der Waals surface area contributed by atoms with Crippen molar-refractivity contribution in [2.75, 3.05) is 42.9 Å². The topological polar surface area (TPSA) is 57.2 Å². The molecule has 0 spiro atoms. The van der Waals surface area contributed by atoms with Crippen molar-refractivity contribution in [1.82, 2.24) is 20.1 Å². The Kier molecular flexibility index (Phi) is 5.43. The molecule has 0 bridgehead atoms. The molecule has 0 aromatic carbocycles. The number of rotatable bonds is 4. The highest BCUT2D eigenvalue weighted by molar-refractivity contribution is 5.41. The molecule has 122 valence electrons. The van der Waals surface area contributed by atoms with Crippen LogP contribution in [0.1, 0.15) is 45.4 Å². The van der Waals surface area contributed by atoms with Gasteiger partial charge in [0.1, 0.15) is 0 Å². The summed E-state index contributed by atoms with van der Waals surface area (Å²) in [5, 5.41) is 11.8. The smallest absolute Gasteiger partial charge is 0.244 e. The summed E-state index contributed by atoms with van der Waals surface area (Å²) in [6, 6.07) is 0.511. The Morgan fingerprint density at radius 3 is 2.50 bits per heavy atom. The van der Waals surface area contributed by atoms with Crippen LogP contribution in [-0.2, 0) is 0 Å². The monoisotopic (exact) mass is 304 g/mol. The Balaban J connectivity index is 1.60. The summed E-state index contributed by atoms with van der Waals surface area (Å²) in [7, 11) is 0. The predicted molar refractivity (Wildman–Crippen MR) is 89.3 cm³/mol. The molecule has 2 heterocycles. The molecule has 3 rings (SSSR count). The fraction of sp³-hybridized carbons (Fsp3) is 0.812. The zero-order chi connectivity index (χ0) is 15.2. The first-order valence-electron chi connectivity index (χ1n) is 8.78. The minimum Gasteiger partial charge on any atom is -0.353 e. The maximum atomic E-state index is 4.69. The zero-order valence-electron chi connectivity index (χ0n) is 13.7. The second-order valence-corrected chi connectivity index (χ2v) is 6.39. The van der Waals surface area contributed by atoms with E-state index >= 15 is 0 Å². The van der Waals surface area contributed by atoms with Gasteiger partial charge in [-0.1, -0.05) is 32.6 Å². The van der Waals surface area contributed by atoms with E-state index in [2.05, 4.69) is 32.2 Å². The number of nitrogens with one attached hydrogen (secondary N) is 1. The number of likely N-dealkylation sites (N-methyl/N-ethyl adjacent to an activating group) is 1. The van der Waals surface area contributed by atoms with Gasteiger partial charge in [0.2, 0.25) is 5.95 Å². The molecule has 1 aromatic heterocycles. The van der Waals surface area contributed by atoms with Gasteiger partial charge in [-0.3, -0.25) is 0 Å². The number of anilines is 2. The molecule has 1 aliphatic carbocycles. The van der Waals surface area contributed by atoms with Crippen LogP contribution in [0.15, 0.2) is 6.20 Å². The third-order valence-corrected chi connectivity index (χ3v) is 4.88. The third kappa shape index (κ3) is 4.06. The maximum Gasteiger partial charge on any atom is 0.244 e. The summed E-state index contributed by atoms with van der Waals surface area (Å²) in [4.78, 5) is 9.48. The van der Waals surface area contributed by atoms with Crippen molar-refractivity contribution in [3.63, 3.8) is 0 Å². The SMILES string of the molecule is CCN1CCN(c2cnnc(NC3CCCCCC3)n2)CC1. The van der Waals surface area contributed by atoms with Gasteiger partial charge in [0, 0.05) is 32.2 Å². The first-order valence-corrected chi connectivity index (χ1v) is 8.78. The molecule has 1 N–H and O–H groups in total. The summed E-state index contributed by atoms with van der Waals surface area (Å²) < 4.78 is 0. The van der Waals surface area contributed by atoms with Crippen LogP contribution in [0.2, 0.25) is 0 Å². The molecular formula is C16H28N6. The van der Waals surface area contributed by atoms with Gasteiger partial charge >= 0.3 is 0 Å². The molecule has 1 saturated heterocycles. The molecule has 0 amide bonds. The molecular weight excluding hydrogens is 276 g/mol. The molecule has 2 fully saturated rings. The number of piperazine rings is 1. The van der Waals surface area contributed by atoms with Crippen LogP contribution in [0.25, 0.3) is 0 Å². The lowest BCUT2D eigenvalue weighted by Gasteiger charge is -2.34. The first kappa shape index (κ1) is 15.5. The summed E-state index contributed by atoms with van der Waals surface area (Å²) in [6.07, 6.45) is 9.58. The molecule has 0 radical (unpaired) electrons. The lowest BCUT2D eigenvalue weighted by molar-refractivity contribution is 0.270. The van der Waals surface area contributed by atoms with Gasteiger partial charge in [0.05, 0.1) is 6.20 Å². The van der Waals surface area contributed by atoms with Crippen molar-refractivity contribution < 1.29 is 0 Å². The van der Waals surface area contributed by atoms with Gasteiger partial charge < -0.3 is 15.1 Å². The molecule has 1 saturated carbocycles. The van der Waals surface area contributed by atoms with E-state index in [-0.39, 0.29) is 0 Å². The second-order valence-electron chi connectivity index (χ2n) is 6.39. The highest BCUT2D eigenvalue weighted by Crippen LogP contribution is 2.20. The van der Waals surface area contributed by atoms with Crippen LogP contribution in [0.4, 0.5) is 11.8 Å². The molecule has 6 heteroatoms. The van der Waals surface area contributed by atoms with E-state index in [0.717, 1.165) is 38.5 Å². The van der Waals surface area contributed by atoms with Crippen molar-refractivity contribution in [1.29, 1.82) is 0 Å². The fourth-order valence-corrected chi connectivity index (χ4v) is 3.41. The molecule has 0 atom stereocenters. The Morgan fingerprint density at radius 2 is 1.82 bits per heavy atom. The number of aromatic nitrogens is 3. The highest BCUT2D eigenvalue weighted by Gasteiger charge is 2.18. The average Bonchev–Trinajstić information content (AvgIpc) is 2.84. The lowest BCUT2D eigenvalue weighted by atomic mass is 10.1. The second kappa shape index (κ2) is 7.72. The van der Waals surface area contributed by atoms with Crippen molar-refractivity contribution in [3.8, 4) is 0 Å². The Bertz CT molecular complexity index is 450. The van der Waals surface area contributed by atoms with E-state index in [9.17, 15) is 0 Å². The van der Waals surface area contributed by atoms with Gasteiger partial charge in [0.15, 0.2) is 5.82 Å². The summed E-state index contributed by atoms with van der Waals surface area (Å²) in [5.74, 6) is 1.66. The molecule has 22 heavy (non-hydrogen) atoms.